The molecule has 1 heterocycles. The number of rotatable bonds is 3. The summed E-state index contributed by atoms with van der Waals surface area (Å²) in [5.41, 5.74) is -0.00404. The number of hydrogen-bond donors (Lipinski definition) is 1. The van der Waals surface area contributed by atoms with E-state index in [1.54, 1.807) is 17.0 Å². The molecule has 0 radical (unpaired) electrons. The molecule has 1 aromatic carbocycles. The molecule has 4 nitrogen and oxygen atoms in total. The van der Waals surface area contributed by atoms with Gasteiger partial charge in [-0.15, -0.1) is 0 Å². The van der Waals surface area contributed by atoms with Gasteiger partial charge in [0.25, 0.3) is 0 Å². The van der Waals surface area contributed by atoms with E-state index in [4.69, 9.17) is 5.11 Å². The number of aliphatic carboxylic acids is 1. The zero-order valence-corrected chi connectivity index (χ0v) is 13.2. The molecule has 2 rings (SSSR count). The largest absolute Gasteiger partial charge is 0.481 e. The second kappa shape index (κ2) is 6.07. The van der Waals surface area contributed by atoms with E-state index >= 15 is 0 Å². The highest BCUT2D eigenvalue weighted by atomic mass is 19.1. The van der Waals surface area contributed by atoms with Crippen LogP contribution in [0.2, 0.25) is 0 Å². The van der Waals surface area contributed by atoms with Crippen LogP contribution in [0.4, 0.5) is 4.39 Å². The van der Waals surface area contributed by atoms with Crippen LogP contribution >= 0.6 is 0 Å². The van der Waals surface area contributed by atoms with E-state index < -0.39 is 17.3 Å². The zero-order valence-electron chi connectivity index (χ0n) is 13.2. The van der Waals surface area contributed by atoms with Crippen molar-refractivity contribution in [1.82, 2.24) is 4.90 Å². The maximum Gasteiger partial charge on any atom is 0.306 e. The molecular weight excluding hydrogens is 285 g/mol. The van der Waals surface area contributed by atoms with Gasteiger partial charge in [-0.25, -0.2) is 4.39 Å². The summed E-state index contributed by atoms with van der Waals surface area (Å²) in [4.78, 5) is 25.7. The van der Waals surface area contributed by atoms with Crippen molar-refractivity contribution in [2.45, 2.75) is 32.6 Å². The van der Waals surface area contributed by atoms with E-state index in [0.717, 1.165) is 5.56 Å². The lowest BCUT2D eigenvalue weighted by Crippen LogP contribution is -2.50. The van der Waals surface area contributed by atoms with Crippen molar-refractivity contribution in [3.05, 3.63) is 35.6 Å². The van der Waals surface area contributed by atoms with Crippen LogP contribution in [0.5, 0.6) is 0 Å². The summed E-state index contributed by atoms with van der Waals surface area (Å²) in [5.74, 6) is -1.63. The van der Waals surface area contributed by atoms with Gasteiger partial charge in [0, 0.05) is 13.1 Å². The summed E-state index contributed by atoms with van der Waals surface area (Å²) < 4.78 is 13.0. The normalized spacial score (nSPS) is 22.5. The fraction of sp³-hybridized carbons (Fsp3) is 0.529. The molecule has 1 amide bonds. The van der Waals surface area contributed by atoms with E-state index in [1.807, 2.05) is 20.8 Å². The number of carbonyl (C=O) groups excluding carboxylic acids is 1. The fourth-order valence-corrected chi connectivity index (χ4v) is 3.08. The lowest BCUT2D eigenvalue weighted by Gasteiger charge is -2.39. The molecular formula is C17H22FNO3. The Morgan fingerprint density at radius 3 is 2.36 bits per heavy atom. The second-order valence-electron chi connectivity index (χ2n) is 6.59. The highest BCUT2D eigenvalue weighted by molar-refractivity contribution is 5.87. The van der Waals surface area contributed by atoms with Gasteiger partial charge in [-0.1, -0.05) is 19.1 Å². The van der Waals surface area contributed by atoms with Gasteiger partial charge >= 0.3 is 5.97 Å². The molecule has 0 aromatic heterocycles. The number of nitrogens with zero attached hydrogens (tertiary/aromatic N) is 1. The van der Waals surface area contributed by atoms with Crippen LogP contribution < -0.4 is 0 Å². The van der Waals surface area contributed by atoms with E-state index in [1.165, 1.54) is 12.1 Å². The fourth-order valence-electron chi connectivity index (χ4n) is 3.08. The highest BCUT2D eigenvalue weighted by Gasteiger charge is 2.39. The number of halogens is 1. The van der Waals surface area contributed by atoms with Crippen molar-refractivity contribution in [2.75, 3.05) is 13.1 Å². The molecule has 0 bridgehead atoms. The number of carbonyl (C=O) groups is 2. The first-order valence-corrected chi connectivity index (χ1v) is 7.51. The van der Waals surface area contributed by atoms with E-state index in [0.29, 0.717) is 19.5 Å². The molecule has 5 heteroatoms. The Kier molecular flexibility index (Phi) is 4.54. The molecule has 1 fully saturated rings. The highest BCUT2D eigenvalue weighted by Crippen LogP contribution is 2.30. The summed E-state index contributed by atoms with van der Waals surface area (Å²) >= 11 is 0. The van der Waals surface area contributed by atoms with Gasteiger partial charge in [0.05, 0.1) is 11.3 Å². The standard InChI is InChI=1S/C17H22FNO3/c1-11-10-19(9-8-14(11)15(20)21)16(22)17(2,3)12-4-6-13(18)7-5-12/h4-7,11,14H,8-10H2,1-3H3,(H,20,21). The van der Waals surface area contributed by atoms with Crippen LogP contribution in [0, 0.1) is 17.7 Å². The summed E-state index contributed by atoms with van der Waals surface area (Å²) in [7, 11) is 0. The Morgan fingerprint density at radius 2 is 1.86 bits per heavy atom. The van der Waals surface area contributed by atoms with Crippen molar-refractivity contribution in [2.24, 2.45) is 11.8 Å². The molecule has 0 saturated carbocycles. The van der Waals surface area contributed by atoms with Gasteiger partial charge in [0.1, 0.15) is 5.82 Å². The quantitative estimate of drug-likeness (QED) is 0.934. The van der Waals surface area contributed by atoms with Crippen molar-refractivity contribution in [3.8, 4) is 0 Å². The maximum atomic E-state index is 13.0. The van der Waals surface area contributed by atoms with Crippen molar-refractivity contribution >= 4 is 11.9 Å². The Bertz CT molecular complexity index is 568. The molecule has 1 aliphatic rings. The molecule has 1 N–H and O–H groups in total. The first kappa shape index (κ1) is 16.5. The SMILES string of the molecule is CC1CN(C(=O)C(C)(C)c2ccc(F)cc2)CCC1C(=O)O. The summed E-state index contributed by atoms with van der Waals surface area (Å²) in [6.45, 7) is 6.39. The molecule has 2 atom stereocenters. The van der Waals surface area contributed by atoms with E-state index in [2.05, 4.69) is 0 Å². The number of hydrogen-bond acceptors (Lipinski definition) is 2. The maximum absolute atomic E-state index is 13.0. The van der Waals surface area contributed by atoms with Crippen LogP contribution in [0.25, 0.3) is 0 Å². The third-order valence-corrected chi connectivity index (χ3v) is 4.61. The van der Waals surface area contributed by atoms with Gasteiger partial charge in [0.15, 0.2) is 0 Å². The first-order chi connectivity index (χ1) is 10.2. The van der Waals surface area contributed by atoms with Crippen molar-refractivity contribution < 1.29 is 19.1 Å². The molecule has 22 heavy (non-hydrogen) atoms. The lowest BCUT2D eigenvalue weighted by atomic mass is 9.81. The topological polar surface area (TPSA) is 57.6 Å². The van der Waals surface area contributed by atoms with Crippen molar-refractivity contribution in [3.63, 3.8) is 0 Å². The minimum atomic E-state index is -0.794. The van der Waals surface area contributed by atoms with Gasteiger partial charge in [-0.05, 0) is 43.9 Å². The molecule has 1 aromatic rings. The van der Waals surface area contributed by atoms with Crippen LogP contribution in [-0.2, 0) is 15.0 Å². The average molecular weight is 307 g/mol. The Morgan fingerprint density at radius 1 is 1.27 bits per heavy atom. The number of benzene rings is 1. The third-order valence-electron chi connectivity index (χ3n) is 4.61. The summed E-state index contributed by atoms with van der Waals surface area (Å²) in [6.07, 6.45) is 0.474. The van der Waals surface area contributed by atoms with Gasteiger partial charge in [-0.3, -0.25) is 9.59 Å². The van der Waals surface area contributed by atoms with Gasteiger partial charge in [0.2, 0.25) is 5.91 Å². The Labute approximate surface area is 129 Å². The van der Waals surface area contributed by atoms with Gasteiger partial charge in [-0.2, -0.15) is 0 Å². The second-order valence-corrected chi connectivity index (χ2v) is 6.59. The first-order valence-electron chi connectivity index (χ1n) is 7.51. The lowest BCUT2D eigenvalue weighted by molar-refractivity contribution is -0.149. The monoisotopic (exact) mass is 307 g/mol. The predicted octanol–water partition coefficient (Wildman–Crippen LogP) is 2.67. The van der Waals surface area contributed by atoms with Crippen LogP contribution in [0.15, 0.2) is 24.3 Å². The van der Waals surface area contributed by atoms with Crippen LogP contribution in [-0.4, -0.2) is 35.0 Å². The third kappa shape index (κ3) is 3.13. The minimum Gasteiger partial charge on any atom is -0.481 e. The molecule has 2 unspecified atom stereocenters. The van der Waals surface area contributed by atoms with Crippen molar-refractivity contribution in [1.29, 1.82) is 0 Å². The van der Waals surface area contributed by atoms with Crippen LogP contribution in [0.1, 0.15) is 32.8 Å². The molecule has 1 saturated heterocycles. The zero-order chi connectivity index (χ0) is 16.5. The predicted molar refractivity (Wildman–Crippen MR) is 80.9 cm³/mol. The molecule has 120 valence electrons. The number of carboxylic acids is 1. The molecule has 1 aliphatic heterocycles. The average Bonchev–Trinajstić information content (AvgIpc) is 2.46. The minimum absolute atomic E-state index is 0.0465. The number of piperidine rings is 1. The van der Waals surface area contributed by atoms with E-state index in [9.17, 15) is 14.0 Å². The number of carboxylic acid groups (broad SMARTS) is 1. The van der Waals surface area contributed by atoms with Gasteiger partial charge < -0.3 is 10.0 Å². The number of amides is 1. The Balaban J connectivity index is 2.14. The number of likely N-dealkylation sites (tertiary alicyclic amines) is 1. The summed E-state index contributed by atoms with van der Waals surface area (Å²) in [5, 5.41) is 9.16. The molecule has 0 spiro atoms. The smallest absolute Gasteiger partial charge is 0.306 e. The van der Waals surface area contributed by atoms with E-state index in [-0.39, 0.29) is 17.6 Å². The molecule has 0 aliphatic carbocycles. The Hall–Kier alpha value is -1.91. The summed E-state index contributed by atoms with van der Waals surface area (Å²) in [6, 6.07) is 5.95. The van der Waals surface area contributed by atoms with Crippen LogP contribution in [0.3, 0.4) is 0 Å².